The number of nitrogens with zero attached hydrogens (tertiary/aromatic N) is 1. The quantitative estimate of drug-likeness (QED) is 0.683. The van der Waals surface area contributed by atoms with Crippen LogP contribution in [0.25, 0.3) is 0 Å². The number of carbonyl (C=O) groups excluding carboxylic acids is 1. The first-order valence-electron chi connectivity index (χ1n) is 8.32. The Morgan fingerprint density at radius 3 is 2.58 bits per heavy atom. The molecule has 1 unspecified atom stereocenters. The van der Waals surface area contributed by atoms with E-state index in [2.05, 4.69) is 10.3 Å². The lowest BCUT2D eigenvalue weighted by Crippen LogP contribution is -2.23. The topological polar surface area (TPSA) is 90.4 Å². The van der Waals surface area contributed by atoms with Crippen LogP contribution in [0, 0.1) is 0 Å². The first-order valence-corrected chi connectivity index (χ1v) is 8.32. The molecule has 1 aromatic heterocycles. The van der Waals surface area contributed by atoms with Gasteiger partial charge in [-0.1, -0.05) is 42.5 Å². The molecule has 1 atom stereocenters. The summed E-state index contributed by atoms with van der Waals surface area (Å²) in [5.74, 6) is 0.819. The zero-order valence-corrected chi connectivity index (χ0v) is 14.5. The molecule has 2 aromatic carbocycles. The maximum Gasteiger partial charge on any atom is 0.273 e. The van der Waals surface area contributed by atoms with E-state index in [0.29, 0.717) is 18.9 Å². The molecule has 0 saturated heterocycles. The minimum atomic E-state index is -0.402. The predicted octanol–water partition coefficient (Wildman–Crippen LogP) is 2.86. The van der Waals surface area contributed by atoms with Crippen LogP contribution in [0.3, 0.4) is 0 Å². The average molecular weight is 351 g/mol. The van der Waals surface area contributed by atoms with Crippen LogP contribution in [0.4, 0.5) is 0 Å². The van der Waals surface area contributed by atoms with Crippen molar-refractivity contribution in [3.63, 3.8) is 0 Å². The van der Waals surface area contributed by atoms with Gasteiger partial charge >= 0.3 is 0 Å². The van der Waals surface area contributed by atoms with Crippen molar-refractivity contribution in [2.24, 2.45) is 5.73 Å². The molecule has 134 valence electrons. The van der Waals surface area contributed by atoms with Gasteiger partial charge in [-0.05, 0) is 29.7 Å². The summed E-state index contributed by atoms with van der Waals surface area (Å²) in [7, 11) is 1.61. The lowest BCUT2D eigenvalue weighted by atomic mass is 10.1. The van der Waals surface area contributed by atoms with Crippen LogP contribution in [0.2, 0.25) is 0 Å². The van der Waals surface area contributed by atoms with Crippen LogP contribution >= 0.6 is 0 Å². The number of aromatic nitrogens is 1. The zero-order valence-electron chi connectivity index (χ0n) is 14.5. The Hall–Kier alpha value is -3.12. The number of nitrogens with one attached hydrogen (secondary N) is 1. The Morgan fingerprint density at radius 2 is 1.88 bits per heavy atom. The second-order valence-corrected chi connectivity index (χ2v) is 5.90. The Balaban J connectivity index is 1.56. The van der Waals surface area contributed by atoms with Crippen LogP contribution in [0.1, 0.15) is 33.5 Å². The van der Waals surface area contributed by atoms with E-state index in [-0.39, 0.29) is 11.6 Å². The molecule has 0 bridgehead atoms. The highest BCUT2D eigenvalue weighted by molar-refractivity contribution is 5.91. The molecule has 0 radical (unpaired) electrons. The molecule has 0 spiro atoms. The third kappa shape index (κ3) is 4.49. The molecule has 0 aliphatic rings. The molecule has 1 amide bonds. The van der Waals surface area contributed by atoms with Crippen molar-refractivity contribution in [3.05, 3.63) is 83.6 Å². The van der Waals surface area contributed by atoms with Crippen molar-refractivity contribution in [1.29, 1.82) is 0 Å². The fourth-order valence-electron chi connectivity index (χ4n) is 2.53. The number of hydrogen-bond acceptors (Lipinski definition) is 5. The van der Waals surface area contributed by atoms with E-state index in [1.807, 2.05) is 54.6 Å². The molecule has 6 heteroatoms. The summed E-state index contributed by atoms with van der Waals surface area (Å²) in [6, 6.07) is 16.9. The minimum absolute atomic E-state index is 0.219. The van der Waals surface area contributed by atoms with E-state index < -0.39 is 6.04 Å². The van der Waals surface area contributed by atoms with E-state index in [1.165, 1.54) is 6.26 Å². The van der Waals surface area contributed by atoms with Gasteiger partial charge in [-0.3, -0.25) is 4.79 Å². The monoisotopic (exact) mass is 351 g/mol. The van der Waals surface area contributed by atoms with Gasteiger partial charge in [0.05, 0.1) is 13.2 Å². The molecule has 6 nitrogen and oxygen atoms in total. The second kappa shape index (κ2) is 8.31. The van der Waals surface area contributed by atoms with Crippen LogP contribution in [0.5, 0.6) is 5.75 Å². The van der Waals surface area contributed by atoms with Crippen LogP contribution in [0.15, 0.2) is 65.3 Å². The summed E-state index contributed by atoms with van der Waals surface area (Å²) < 4.78 is 10.5. The summed E-state index contributed by atoms with van der Waals surface area (Å²) in [6.07, 6.45) is 1.93. The zero-order chi connectivity index (χ0) is 18.4. The third-order valence-corrected chi connectivity index (χ3v) is 3.98. The summed E-state index contributed by atoms with van der Waals surface area (Å²) >= 11 is 0. The highest BCUT2D eigenvalue weighted by Gasteiger charge is 2.17. The Morgan fingerprint density at radius 1 is 1.15 bits per heavy atom. The molecule has 3 N–H and O–H groups in total. The van der Waals surface area contributed by atoms with E-state index in [9.17, 15) is 4.79 Å². The Kier molecular flexibility index (Phi) is 5.66. The van der Waals surface area contributed by atoms with Gasteiger partial charge in [0.25, 0.3) is 5.91 Å². The number of ether oxygens (including phenoxy) is 1. The first-order chi connectivity index (χ1) is 12.7. The predicted molar refractivity (Wildman–Crippen MR) is 97.7 cm³/mol. The number of oxazole rings is 1. The fraction of sp³-hybridized carbons (Fsp3) is 0.200. The molecule has 1 heterocycles. The van der Waals surface area contributed by atoms with E-state index in [0.717, 1.165) is 16.9 Å². The lowest BCUT2D eigenvalue weighted by Gasteiger charge is -2.07. The van der Waals surface area contributed by atoms with Crippen molar-refractivity contribution in [2.45, 2.75) is 19.0 Å². The molecular formula is C20H21N3O3. The number of rotatable bonds is 7. The fourth-order valence-corrected chi connectivity index (χ4v) is 2.53. The summed E-state index contributed by atoms with van der Waals surface area (Å²) in [5.41, 5.74) is 8.40. The number of carbonyl (C=O) groups is 1. The molecular weight excluding hydrogens is 330 g/mol. The normalized spacial score (nSPS) is 11.8. The molecule has 3 rings (SSSR count). The molecule has 3 aromatic rings. The number of hydrogen-bond donors (Lipinski definition) is 2. The van der Waals surface area contributed by atoms with Crippen LogP contribution < -0.4 is 15.8 Å². The Bertz CT molecular complexity index is 844. The van der Waals surface area contributed by atoms with E-state index in [4.69, 9.17) is 14.9 Å². The molecule has 0 aliphatic carbocycles. The number of amides is 1. The first kappa shape index (κ1) is 17.7. The molecule has 26 heavy (non-hydrogen) atoms. The van der Waals surface area contributed by atoms with Gasteiger partial charge in [0, 0.05) is 6.54 Å². The standard InChI is InChI=1S/C20H21N3O3/c1-25-16-9-7-15(8-10-16)12-22-19(24)18-13-26-20(23-18)17(21)11-14-5-3-2-4-6-14/h2-10,13,17H,11-12,21H2,1H3,(H,22,24). The van der Waals surface area contributed by atoms with Crippen molar-refractivity contribution < 1.29 is 13.9 Å². The van der Waals surface area contributed by atoms with Gasteiger partial charge in [-0.25, -0.2) is 4.98 Å². The van der Waals surface area contributed by atoms with E-state index >= 15 is 0 Å². The number of nitrogens with two attached hydrogens (primary N) is 1. The average Bonchev–Trinajstić information content (AvgIpc) is 3.18. The minimum Gasteiger partial charge on any atom is -0.497 e. The van der Waals surface area contributed by atoms with Crippen LogP contribution in [-0.4, -0.2) is 18.0 Å². The van der Waals surface area contributed by atoms with Gasteiger partial charge in [-0.2, -0.15) is 0 Å². The van der Waals surface area contributed by atoms with Gasteiger partial charge < -0.3 is 20.2 Å². The highest BCUT2D eigenvalue weighted by atomic mass is 16.5. The molecule has 0 saturated carbocycles. The molecule has 0 aliphatic heterocycles. The molecule has 0 fully saturated rings. The van der Waals surface area contributed by atoms with Crippen molar-refractivity contribution >= 4 is 5.91 Å². The smallest absolute Gasteiger partial charge is 0.273 e. The Labute approximate surface area is 152 Å². The third-order valence-electron chi connectivity index (χ3n) is 3.98. The summed E-state index contributed by atoms with van der Waals surface area (Å²) in [6.45, 7) is 0.390. The highest BCUT2D eigenvalue weighted by Crippen LogP contribution is 2.16. The van der Waals surface area contributed by atoms with E-state index in [1.54, 1.807) is 7.11 Å². The largest absolute Gasteiger partial charge is 0.497 e. The van der Waals surface area contributed by atoms with Crippen molar-refractivity contribution in [1.82, 2.24) is 10.3 Å². The maximum absolute atomic E-state index is 12.2. The number of benzene rings is 2. The second-order valence-electron chi connectivity index (χ2n) is 5.90. The van der Waals surface area contributed by atoms with Gasteiger partial charge in [0.15, 0.2) is 5.69 Å². The van der Waals surface area contributed by atoms with Gasteiger partial charge in [-0.15, -0.1) is 0 Å². The number of methoxy groups -OCH3 is 1. The van der Waals surface area contributed by atoms with Crippen molar-refractivity contribution in [3.8, 4) is 5.75 Å². The summed E-state index contributed by atoms with van der Waals surface area (Å²) in [4.78, 5) is 16.5. The lowest BCUT2D eigenvalue weighted by molar-refractivity contribution is 0.0946. The maximum atomic E-state index is 12.2. The SMILES string of the molecule is COc1ccc(CNC(=O)c2coc(C(N)Cc3ccccc3)n2)cc1. The van der Waals surface area contributed by atoms with Crippen LogP contribution in [-0.2, 0) is 13.0 Å². The van der Waals surface area contributed by atoms with Gasteiger partial charge in [0.2, 0.25) is 5.89 Å². The van der Waals surface area contributed by atoms with Crippen molar-refractivity contribution in [2.75, 3.05) is 7.11 Å². The van der Waals surface area contributed by atoms with Gasteiger partial charge in [0.1, 0.15) is 12.0 Å². The summed E-state index contributed by atoms with van der Waals surface area (Å²) in [5, 5.41) is 2.81.